The van der Waals surface area contributed by atoms with E-state index in [0.29, 0.717) is 13.2 Å². The van der Waals surface area contributed by atoms with Crippen molar-refractivity contribution in [2.75, 3.05) is 13.2 Å². The summed E-state index contributed by atoms with van der Waals surface area (Å²) in [5.41, 5.74) is 0. The SMILES string of the molecule is CCCCCCCCOP(=O)(O)OCCCCCCCC.[Na]. The van der Waals surface area contributed by atoms with Crippen molar-refractivity contribution in [1.29, 1.82) is 0 Å². The van der Waals surface area contributed by atoms with Gasteiger partial charge in [-0.05, 0) is 12.8 Å². The Labute approximate surface area is 159 Å². The molecule has 0 atom stereocenters. The molecule has 0 fully saturated rings. The summed E-state index contributed by atoms with van der Waals surface area (Å²) in [5, 5.41) is 0. The molecule has 0 aromatic rings. The topological polar surface area (TPSA) is 55.8 Å². The van der Waals surface area contributed by atoms with Crippen LogP contribution in [0.1, 0.15) is 90.9 Å². The van der Waals surface area contributed by atoms with Gasteiger partial charge in [-0.3, -0.25) is 9.05 Å². The maximum absolute atomic E-state index is 11.6. The second-order valence-electron chi connectivity index (χ2n) is 5.67. The van der Waals surface area contributed by atoms with E-state index in [1.54, 1.807) is 0 Å². The van der Waals surface area contributed by atoms with E-state index in [0.717, 1.165) is 25.7 Å². The Hall–Kier alpha value is 1.11. The van der Waals surface area contributed by atoms with Crippen LogP contribution in [0.3, 0.4) is 0 Å². The van der Waals surface area contributed by atoms with Gasteiger partial charge in [-0.1, -0.05) is 78.1 Å². The van der Waals surface area contributed by atoms with Gasteiger partial charge in [-0.25, -0.2) is 4.57 Å². The molecule has 1 N–H and O–H groups in total. The van der Waals surface area contributed by atoms with Crippen LogP contribution >= 0.6 is 7.82 Å². The van der Waals surface area contributed by atoms with Crippen LogP contribution in [-0.4, -0.2) is 47.7 Å². The number of unbranched alkanes of at least 4 members (excludes halogenated alkanes) is 10. The van der Waals surface area contributed by atoms with Gasteiger partial charge in [-0.2, -0.15) is 0 Å². The molecule has 0 amide bonds. The zero-order chi connectivity index (χ0) is 15.8. The van der Waals surface area contributed by atoms with Crippen LogP contribution in [0, 0.1) is 0 Å². The molecule has 22 heavy (non-hydrogen) atoms. The Morgan fingerprint density at radius 1 is 0.682 bits per heavy atom. The van der Waals surface area contributed by atoms with E-state index >= 15 is 0 Å². The van der Waals surface area contributed by atoms with Crippen molar-refractivity contribution < 1.29 is 18.5 Å². The third-order valence-electron chi connectivity index (χ3n) is 3.50. The van der Waals surface area contributed by atoms with Gasteiger partial charge in [0.05, 0.1) is 13.2 Å². The summed E-state index contributed by atoms with van der Waals surface area (Å²) in [6, 6.07) is 0. The summed E-state index contributed by atoms with van der Waals surface area (Å²) in [4.78, 5) is 9.51. The normalized spacial score (nSPS) is 11.4. The van der Waals surface area contributed by atoms with Crippen LogP contribution in [0.4, 0.5) is 0 Å². The fraction of sp³-hybridized carbons (Fsp3) is 1.00. The van der Waals surface area contributed by atoms with Crippen molar-refractivity contribution in [1.82, 2.24) is 0 Å². The van der Waals surface area contributed by atoms with E-state index in [-0.39, 0.29) is 29.6 Å². The van der Waals surface area contributed by atoms with Crippen molar-refractivity contribution in [2.45, 2.75) is 90.9 Å². The monoisotopic (exact) mass is 345 g/mol. The third-order valence-corrected chi connectivity index (χ3v) is 4.52. The van der Waals surface area contributed by atoms with Crippen LogP contribution in [0.15, 0.2) is 0 Å². The molecule has 4 nitrogen and oxygen atoms in total. The quantitative estimate of drug-likeness (QED) is 0.229. The van der Waals surface area contributed by atoms with Crippen LogP contribution in [0.25, 0.3) is 0 Å². The van der Waals surface area contributed by atoms with E-state index < -0.39 is 7.82 Å². The second-order valence-corrected chi connectivity index (χ2v) is 7.12. The van der Waals surface area contributed by atoms with E-state index in [2.05, 4.69) is 13.8 Å². The van der Waals surface area contributed by atoms with Gasteiger partial charge >= 0.3 is 7.82 Å². The average molecular weight is 345 g/mol. The van der Waals surface area contributed by atoms with Gasteiger partial charge < -0.3 is 4.89 Å². The third kappa shape index (κ3) is 19.2. The molecule has 0 rings (SSSR count). The molecule has 0 heterocycles. The Bertz CT molecular complexity index is 243. The maximum Gasteiger partial charge on any atom is 0.472 e. The fourth-order valence-corrected chi connectivity index (χ4v) is 2.96. The molecule has 0 aromatic heterocycles. The van der Waals surface area contributed by atoms with Crippen molar-refractivity contribution in [3.63, 3.8) is 0 Å². The molecule has 129 valence electrons. The molecular weight excluding hydrogens is 310 g/mol. The van der Waals surface area contributed by atoms with Gasteiger partial charge in [0.25, 0.3) is 0 Å². The van der Waals surface area contributed by atoms with Crippen LogP contribution in [-0.2, 0) is 13.6 Å². The fourth-order valence-electron chi connectivity index (χ4n) is 2.16. The van der Waals surface area contributed by atoms with E-state index in [1.165, 1.54) is 51.4 Å². The molecule has 0 bridgehead atoms. The molecule has 0 spiro atoms. The molecule has 0 aliphatic carbocycles. The van der Waals surface area contributed by atoms with Gasteiger partial charge in [0.1, 0.15) is 0 Å². The van der Waals surface area contributed by atoms with Crippen LogP contribution in [0.5, 0.6) is 0 Å². The first kappa shape index (κ1) is 25.4. The first-order valence-electron chi connectivity index (χ1n) is 8.74. The summed E-state index contributed by atoms with van der Waals surface area (Å²) in [6.45, 7) is 5.01. The molecule has 0 aromatic carbocycles. The minimum atomic E-state index is -3.82. The minimum absolute atomic E-state index is 0. The smallest absolute Gasteiger partial charge is 0.302 e. The van der Waals surface area contributed by atoms with Gasteiger partial charge in [0, 0.05) is 29.6 Å². The minimum Gasteiger partial charge on any atom is -0.302 e. The van der Waals surface area contributed by atoms with Crippen molar-refractivity contribution in [2.24, 2.45) is 0 Å². The zero-order valence-corrected chi connectivity index (χ0v) is 17.9. The first-order chi connectivity index (χ1) is 10.1. The summed E-state index contributed by atoms with van der Waals surface area (Å²) >= 11 is 0. The molecule has 0 saturated carbocycles. The van der Waals surface area contributed by atoms with Crippen LogP contribution < -0.4 is 0 Å². The predicted molar refractivity (Wildman–Crippen MR) is 94.2 cm³/mol. The van der Waals surface area contributed by atoms with Gasteiger partial charge in [0.15, 0.2) is 0 Å². The van der Waals surface area contributed by atoms with E-state index in [4.69, 9.17) is 9.05 Å². The largest absolute Gasteiger partial charge is 0.472 e. The second kappa shape index (κ2) is 18.4. The Balaban J connectivity index is 0. The summed E-state index contributed by atoms with van der Waals surface area (Å²) in [7, 11) is -3.82. The van der Waals surface area contributed by atoms with E-state index in [9.17, 15) is 9.46 Å². The molecule has 0 aliphatic rings. The number of phosphoric ester groups is 1. The number of rotatable bonds is 16. The van der Waals surface area contributed by atoms with Gasteiger partial charge in [0.2, 0.25) is 0 Å². The molecule has 1 radical (unpaired) electrons. The standard InChI is InChI=1S/C16H35O4P.Na/c1-3-5-7-9-11-13-15-19-21(17,18)20-16-14-12-10-8-6-4-2;/h3-16H2,1-2H3,(H,17,18);. The molecule has 0 saturated heterocycles. The van der Waals surface area contributed by atoms with Gasteiger partial charge in [-0.15, -0.1) is 0 Å². The molecule has 0 unspecified atom stereocenters. The van der Waals surface area contributed by atoms with Crippen molar-refractivity contribution in [3.05, 3.63) is 0 Å². The Morgan fingerprint density at radius 2 is 1.00 bits per heavy atom. The van der Waals surface area contributed by atoms with E-state index in [1.807, 2.05) is 0 Å². The maximum atomic E-state index is 11.6. The van der Waals surface area contributed by atoms with Crippen molar-refractivity contribution >= 4 is 37.4 Å². The average Bonchev–Trinajstić information content (AvgIpc) is 2.45. The number of hydrogen-bond acceptors (Lipinski definition) is 3. The molecule has 6 heteroatoms. The Morgan fingerprint density at radius 3 is 1.36 bits per heavy atom. The van der Waals surface area contributed by atoms with Crippen LogP contribution in [0.2, 0.25) is 0 Å². The Kier molecular flexibility index (Phi) is 21.3. The summed E-state index contributed by atoms with van der Waals surface area (Å²) < 4.78 is 21.5. The van der Waals surface area contributed by atoms with Crippen molar-refractivity contribution in [3.8, 4) is 0 Å². The number of phosphoric acid groups is 1. The first-order valence-corrected chi connectivity index (χ1v) is 10.2. The predicted octanol–water partition coefficient (Wildman–Crippen LogP) is 5.46. The summed E-state index contributed by atoms with van der Waals surface area (Å²) in [5.74, 6) is 0. The molecular formula is C16H35NaO4P. The zero-order valence-electron chi connectivity index (χ0n) is 15.0. The number of hydrogen-bond donors (Lipinski definition) is 1. The molecule has 0 aliphatic heterocycles. The summed E-state index contributed by atoms with van der Waals surface area (Å²) in [6.07, 6.45) is 13.6.